The molecule has 5 heteroatoms. The third-order valence-corrected chi connectivity index (χ3v) is 3.45. The zero-order chi connectivity index (χ0) is 14.8. The largest absolute Gasteiger partial charge is 0.493 e. The molecule has 0 saturated heterocycles. The molecule has 3 rings (SSSR count). The third kappa shape index (κ3) is 2.60. The minimum absolute atomic E-state index is 0.150. The molecule has 0 spiro atoms. The number of aromatic nitrogens is 2. The van der Waals surface area contributed by atoms with Crippen molar-refractivity contribution in [3.8, 4) is 5.88 Å². The lowest BCUT2D eigenvalue weighted by Gasteiger charge is -2.04. The summed E-state index contributed by atoms with van der Waals surface area (Å²) in [6.45, 7) is 2.97. The topological polar surface area (TPSA) is 59.6 Å². The number of fused-ring (bicyclic) bond motifs is 1. The van der Waals surface area contributed by atoms with Gasteiger partial charge in [0.25, 0.3) is 0 Å². The molecule has 0 aliphatic carbocycles. The number of benzene rings is 1. The minimum atomic E-state index is 0.150. The van der Waals surface area contributed by atoms with Crippen molar-refractivity contribution in [1.82, 2.24) is 9.55 Å². The van der Waals surface area contributed by atoms with Crippen LogP contribution >= 0.6 is 0 Å². The maximum absolute atomic E-state index is 10.3. The van der Waals surface area contributed by atoms with E-state index in [2.05, 4.69) is 9.98 Å². The summed E-state index contributed by atoms with van der Waals surface area (Å²) >= 11 is 0. The van der Waals surface area contributed by atoms with Crippen molar-refractivity contribution < 1.29 is 9.84 Å². The van der Waals surface area contributed by atoms with E-state index in [1.165, 1.54) is 0 Å². The van der Waals surface area contributed by atoms with Gasteiger partial charge in [-0.3, -0.25) is 4.57 Å². The zero-order valence-corrected chi connectivity index (χ0v) is 12.1. The predicted molar refractivity (Wildman–Crippen MR) is 80.2 cm³/mol. The summed E-state index contributed by atoms with van der Waals surface area (Å²) in [6.07, 6.45) is 3.78. The molecular weight excluding hydrogens is 266 g/mol. The highest BCUT2D eigenvalue weighted by molar-refractivity contribution is 5.66. The van der Waals surface area contributed by atoms with Gasteiger partial charge in [0.15, 0.2) is 0 Å². The van der Waals surface area contributed by atoms with Crippen molar-refractivity contribution >= 4 is 12.2 Å². The molecule has 1 aromatic carbocycles. The number of methoxy groups -OCH3 is 1. The van der Waals surface area contributed by atoms with Crippen molar-refractivity contribution in [2.24, 2.45) is 4.99 Å². The molecule has 2 heterocycles. The second-order valence-electron chi connectivity index (χ2n) is 4.90. The molecule has 0 amide bonds. The van der Waals surface area contributed by atoms with Crippen LogP contribution in [0.2, 0.25) is 0 Å². The van der Waals surface area contributed by atoms with E-state index in [0.717, 1.165) is 22.1 Å². The average Bonchev–Trinajstić information content (AvgIpc) is 2.99. The maximum Gasteiger partial charge on any atom is 0.219 e. The van der Waals surface area contributed by atoms with Gasteiger partial charge in [-0.1, -0.05) is 18.2 Å². The SMILES string of the molecule is COCCn1c(C)nc(/C=C2\C=c3ccccc3=N2)c1O. The summed E-state index contributed by atoms with van der Waals surface area (Å²) in [6, 6.07) is 7.92. The predicted octanol–water partition coefficient (Wildman–Crippen LogP) is 0.998. The Hall–Kier alpha value is -2.40. The quantitative estimate of drug-likeness (QED) is 0.910. The lowest BCUT2D eigenvalue weighted by molar-refractivity contribution is 0.183. The van der Waals surface area contributed by atoms with E-state index in [-0.39, 0.29) is 5.88 Å². The fourth-order valence-electron chi connectivity index (χ4n) is 2.38. The lowest BCUT2D eigenvalue weighted by atomic mass is 10.2. The van der Waals surface area contributed by atoms with Crippen LogP contribution in [0.1, 0.15) is 11.5 Å². The van der Waals surface area contributed by atoms with Gasteiger partial charge in [0, 0.05) is 12.3 Å². The number of nitrogens with zero attached hydrogens (tertiary/aromatic N) is 3. The van der Waals surface area contributed by atoms with Gasteiger partial charge in [0.1, 0.15) is 11.5 Å². The first-order valence-electron chi connectivity index (χ1n) is 6.81. The smallest absolute Gasteiger partial charge is 0.219 e. The van der Waals surface area contributed by atoms with Crippen LogP contribution in [0.3, 0.4) is 0 Å². The molecule has 0 unspecified atom stereocenters. The summed E-state index contributed by atoms with van der Waals surface area (Å²) in [5, 5.41) is 12.3. The first kappa shape index (κ1) is 13.6. The Bertz CT molecular complexity index is 782. The molecule has 5 nitrogen and oxygen atoms in total. The molecule has 0 bridgehead atoms. The first-order chi connectivity index (χ1) is 10.2. The van der Waals surface area contributed by atoms with Gasteiger partial charge in [-0.05, 0) is 25.1 Å². The van der Waals surface area contributed by atoms with Crippen molar-refractivity contribution in [2.45, 2.75) is 13.5 Å². The van der Waals surface area contributed by atoms with Crippen molar-refractivity contribution in [1.29, 1.82) is 0 Å². The van der Waals surface area contributed by atoms with E-state index < -0.39 is 0 Å². The van der Waals surface area contributed by atoms with Crippen LogP contribution in [0.25, 0.3) is 12.2 Å². The fourth-order valence-corrected chi connectivity index (χ4v) is 2.38. The first-order valence-corrected chi connectivity index (χ1v) is 6.81. The molecule has 21 heavy (non-hydrogen) atoms. The highest BCUT2D eigenvalue weighted by Crippen LogP contribution is 2.22. The maximum atomic E-state index is 10.3. The van der Waals surface area contributed by atoms with Crippen LogP contribution in [0.5, 0.6) is 5.88 Å². The summed E-state index contributed by atoms with van der Waals surface area (Å²) in [4.78, 5) is 8.90. The number of para-hydroxylation sites is 1. The Labute approximate surface area is 122 Å². The molecule has 108 valence electrons. The van der Waals surface area contributed by atoms with Crippen LogP contribution in [0.15, 0.2) is 35.0 Å². The Morgan fingerprint density at radius 1 is 1.33 bits per heavy atom. The third-order valence-electron chi connectivity index (χ3n) is 3.45. The van der Waals surface area contributed by atoms with Crippen molar-refractivity contribution in [3.63, 3.8) is 0 Å². The summed E-state index contributed by atoms with van der Waals surface area (Å²) in [7, 11) is 1.63. The van der Waals surface area contributed by atoms with Gasteiger partial charge in [-0.25, -0.2) is 9.98 Å². The number of aryl methyl sites for hydroxylation is 1. The van der Waals surface area contributed by atoms with Gasteiger partial charge in [-0.15, -0.1) is 0 Å². The van der Waals surface area contributed by atoms with Gasteiger partial charge < -0.3 is 9.84 Å². The summed E-state index contributed by atoms with van der Waals surface area (Å²) in [5.74, 6) is 0.906. The molecule has 0 atom stereocenters. The number of hydrogen-bond acceptors (Lipinski definition) is 4. The lowest BCUT2D eigenvalue weighted by Crippen LogP contribution is -2.19. The Morgan fingerprint density at radius 2 is 2.14 bits per heavy atom. The van der Waals surface area contributed by atoms with E-state index in [1.807, 2.05) is 37.3 Å². The van der Waals surface area contributed by atoms with E-state index >= 15 is 0 Å². The van der Waals surface area contributed by atoms with Gasteiger partial charge in [0.2, 0.25) is 5.88 Å². The molecule has 0 radical (unpaired) electrons. The monoisotopic (exact) mass is 283 g/mol. The summed E-state index contributed by atoms with van der Waals surface area (Å²) in [5.41, 5.74) is 1.33. The molecule has 1 aliphatic heterocycles. The van der Waals surface area contributed by atoms with E-state index in [1.54, 1.807) is 17.8 Å². The van der Waals surface area contributed by atoms with Crippen LogP contribution in [0, 0.1) is 6.92 Å². The van der Waals surface area contributed by atoms with Crippen LogP contribution < -0.4 is 10.6 Å². The minimum Gasteiger partial charge on any atom is -0.493 e. The highest BCUT2D eigenvalue weighted by Gasteiger charge is 2.12. The molecule has 0 saturated carbocycles. The second-order valence-corrected chi connectivity index (χ2v) is 4.90. The van der Waals surface area contributed by atoms with Crippen molar-refractivity contribution in [3.05, 3.63) is 52.1 Å². The number of ether oxygens (including phenoxy) is 1. The van der Waals surface area contributed by atoms with Gasteiger partial charge >= 0.3 is 0 Å². The van der Waals surface area contributed by atoms with Gasteiger partial charge in [0.05, 0.1) is 24.2 Å². The summed E-state index contributed by atoms with van der Waals surface area (Å²) < 4.78 is 6.78. The number of imidazole rings is 1. The van der Waals surface area contributed by atoms with Gasteiger partial charge in [-0.2, -0.15) is 0 Å². The average molecular weight is 283 g/mol. The Kier molecular flexibility index (Phi) is 3.58. The van der Waals surface area contributed by atoms with Crippen LogP contribution in [-0.2, 0) is 11.3 Å². The standard InChI is InChI=1S/C16H17N3O2/c1-11-17-15(16(20)19(11)7-8-21-2)10-13-9-12-5-3-4-6-14(12)18-13/h3-6,9-10,20H,7-8H2,1-2H3/b13-10+. The Balaban J connectivity index is 1.96. The molecule has 2 aromatic rings. The van der Waals surface area contributed by atoms with E-state index in [4.69, 9.17) is 4.74 Å². The fraction of sp³-hybridized carbons (Fsp3) is 0.250. The zero-order valence-electron chi connectivity index (χ0n) is 12.1. The second kappa shape index (κ2) is 5.54. The highest BCUT2D eigenvalue weighted by atomic mass is 16.5. The number of allylic oxidation sites excluding steroid dienone is 1. The van der Waals surface area contributed by atoms with Crippen LogP contribution in [0.4, 0.5) is 0 Å². The van der Waals surface area contributed by atoms with E-state index in [0.29, 0.717) is 18.8 Å². The molecule has 0 fully saturated rings. The molecule has 1 aromatic heterocycles. The van der Waals surface area contributed by atoms with Crippen LogP contribution in [-0.4, -0.2) is 28.4 Å². The molecule has 1 aliphatic rings. The molecular formula is C16H17N3O2. The number of rotatable bonds is 4. The van der Waals surface area contributed by atoms with Crippen molar-refractivity contribution in [2.75, 3.05) is 13.7 Å². The molecule has 1 N–H and O–H groups in total. The number of aromatic hydroxyl groups is 1. The number of hydrogen-bond donors (Lipinski definition) is 1. The Morgan fingerprint density at radius 3 is 2.90 bits per heavy atom. The normalized spacial score (nSPS) is 14.9. The van der Waals surface area contributed by atoms with E-state index in [9.17, 15) is 5.11 Å².